The van der Waals surface area contributed by atoms with Gasteiger partial charge in [0.2, 0.25) is 0 Å². The Morgan fingerprint density at radius 1 is 1.00 bits per heavy atom. The van der Waals surface area contributed by atoms with Crippen LogP contribution in [0.25, 0.3) is 10.4 Å². The fraction of sp³-hybridized carbons (Fsp3) is 0. The summed E-state index contributed by atoms with van der Waals surface area (Å²) in [4.78, 5) is 15.0. The zero-order valence-corrected chi connectivity index (χ0v) is 16.5. The first-order valence-corrected chi connectivity index (χ1v) is 10.4. The second-order valence-corrected chi connectivity index (χ2v) is 8.88. The van der Waals surface area contributed by atoms with E-state index < -0.39 is 15.9 Å². The van der Waals surface area contributed by atoms with E-state index in [1.165, 1.54) is 30.3 Å². The average Bonchev–Trinajstić information content (AvgIpc) is 3.12. The zero-order valence-electron chi connectivity index (χ0n) is 13.4. The fourth-order valence-electron chi connectivity index (χ4n) is 2.14. The van der Waals surface area contributed by atoms with Gasteiger partial charge in [-0.05, 0) is 48.0 Å². The van der Waals surface area contributed by atoms with Gasteiger partial charge in [0.05, 0.1) is 9.90 Å². The molecule has 0 spiro atoms. The molecular weight excluding hydrogens is 434 g/mol. The number of hydrogen-bond donors (Lipinski definition) is 2. The average molecular weight is 445 g/mol. The van der Waals surface area contributed by atoms with Crippen LogP contribution in [0.4, 0.5) is 4.39 Å². The normalized spacial score (nSPS) is 11.4. The van der Waals surface area contributed by atoms with Crippen LogP contribution in [0.15, 0.2) is 59.5 Å². The van der Waals surface area contributed by atoms with E-state index in [0.717, 1.165) is 21.8 Å². The minimum absolute atomic E-state index is 0.0316. The summed E-state index contributed by atoms with van der Waals surface area (Å²) in [5.41, 5.74) is 2.87. The number of thiophene rings is 1. The van der Waals surface area contributed by atoms with Gasteiger partial charge in [-0.1, -0.05) is 35.3 Å². The number of hydrazine groups is 1. The summed E-state index contributed by atoms with van der Waals surface area (Å²) in [6.45, 7) is 0. The van der Waals surface area contributed by atoms with Crippen molar-refractivity contribution in [2.45, 2.75) is 4.90 Å². The van der Waals surface area contributed by atoms with Gasteiger partial charge >= 0.3 is 0 Å². The van der Waals surface area contributed by atoms with E-state index in [9.17, 15) is 17.6 Å². The summed E-state index contributed by atoms with van der Waals surface area (Å²) < 4.78 is 37.6. The summed E-state index contributed by atoms with van der Waals surface area (Å²) in [5, 5.41) is 0.157. The Hall–Kier alpha value is -1.97. The lowest BCUT2D eigenvalue weighted by Crippen LogP contribution is -2.41. The van der Waals surface area contributed by atoms with Gasteiger partial charge in [-0.2, -0.15) is 0 Å². The quantitative estimate of drug-likeness (QED) is 0.569. The predicted octanol–water partition coefficient (Wildman–Crippen LogP) is 4.48. The molecule has 2 aromatic carbocycles. The molecule has 3 rings (SSSR count). The Labute approximate surface area is 168 Å². The van der Waals surface area contributed by atoms with E-state index in [1.807, 2.05) is 4.83 Å². The topological polar surface area (TPSA) is 75.3 Å². The monoisotopic (exact) mass is 444 g/mol. The molecule has 0 radical (unpaired) electrons. The molecule has 1 amide bonds. The van der Waals surface area contributed by atoms with Gasteiger partial charge in [-0.3, -0.25) is 10.2 Å². The van der Waals surface area contributed by atoms with Crippen LogP contribution >= 0.6 is 34.5 Å². The fourth-order valence-corrected chi connectivity index (χ4v) is 4.65. The molecule has 140 valence electrons. The van der Waals surface area contributed by atoms with E-state index in [2.05, 4.69) is 5.43 Å². The van der Waals surface area contributed by atoms with Crippen LogP contribution < -0.4 is 10.3 Å². The Morgan fingerprint density at radius 2 is 1.70 bits per heavy atom. The molecule has 0 saturated carbocycles. The predicted molar refractivity (Wildman–Crippen MR) is 104 cm³/mol. The third-order valence-electron chi connectivity index (χ3n) is 3.44. The van der Waals surface area contributed by atoms with Crippen molar-refractivity contribution in [1.82, 2.24) is 10.3 Å². The molecule has 10 heteroatoms. The van der Waals surface area contributed by atoms with Crippen molar-refractivity contribution in [2.75, 3.05) is 0 Å². The van der Waals surface area contributed by atoms with Crippen molar-refractivity contribution in [3.05, 3.63) is 75.3 Å². The summed E-state index contributed by atoms with van der Waals surface area (Å²) in [6.07, 6.45) is 0. The SMILES string of the molecule is O=C(NNS(=O)(=O)c1cc(Cl)ccc1Cl)c1ccc(-c2ccc(F)cc2)s1. The third-order valence-corrected chi connectivity index (χ3v) is 6.54. The van der Waals surface area contributed by atoms with E-state index in [1.54, 1.807) is 24.3 Å². The highest BCUT2D eigenvalue weighted by molar-refractivity contribution is 7.89. The molecular formula is C17H11Cl2FN2O3S2. The highest BCUT2D eigenvalue weighted by Crippen LogP contribution is 2.28. The highest BCUT2D eigenvalue weighted by Gasteiger charge is 2.20. The molecule has 1 aromatic heterocycles. The molecule has 3 aromatic rings. The Bertz CT molecular complexity index is 1100. The number of hydrogen-bond acceptors (Lipinski definition) is 4. The van der Waals surface area contributed by atoms with Crippen LogP contribution in [0, 0.1) is 5.82 Å². The number of sulfonamides is 1. The van der Waals surface area contributed by atoms with Gasteiger partial charge < -0.3 is 0 Å². The van der Waals surface area contributed by atoms with E-state index in [0.29, 0.717) is 0 Å². The largest absolute Gasteiger partial charge is 0.276 e. The van der Waals surface area contributed by atoms with Crippen molar-refractivity contribution < 1.29 is 17.6 Å². The molecule has 0 atom stereocenters. The van der Waals surface area contributed by atoms with Crippen molar-refractivity contribution in [1.29, 1.82) is 0 Å². The first-order valence-electron chi connectivity index (χ1n) is 7.39. The summed E-state index contributed by atoms with van der Waals surface area (Å²) >= 11 is 12.8. The molecule has 0 fully saturated rings. The zero-order chi connectivity index (χ0) is 19.6. The first-order chi connectivity index (χ1) is 12.8. The molecule has 0 bridgehead atoms. The minimum atomic E-state index is -4.10. The molecule has 0 aliphatic rings. The van der Waals surface area contributed by atoms with E-state index in [4.69, 9.17) is 23.2 Å². The van der Waals surface area contributed by atoms with Crippen LogP contribution in [-0.4, -0.2) is 14.3 Å². The van der Waals surface area contributed by atoms with Gasteiger partial charge in [-0.25, -0.2) is 12.8 Å². The molecule has 0 aliphatic carbocycles. The molecule has 2 N–H and O–H groups in total. The Morgan fingerprint density at radius 3 is 2.41 bits per heavy atom. The Balaban J connectivity index is 1.72. The maximum atomic E-state index is 13.0. The lowest BCUT2D eigenvalue weighted by Gasteiger charge is -2.09. The number of carbonyl (C=O) groups is 1. The molecule has 1 heterocycles. The van der Waals surface area contributed by atoms with E-state index >= 15 is 0 Å². The standard InChI is InChI=1S/C17H11Cl2FN2O3S2/c18-11-3-6-13(19)16(9-11)27(24,25)22-21-17(23)15-8-7-14(26-15)10-1-4-12(20)5-2-10/h1-9,22H,(H,21,23). The Kier molecular flexibility index (Phi) is 5.83. The molecule has 5 nitrogen and oxygen atoms in total. The highest BCUT2D eigenvalue weighted by atomic mass is 35.5. The van der Waals surface area contributed by atoms with Crippen LogP contribution in [0.3, 0.4) is 0 Å². The molecule has 0 aliphatic heterocycles. The number of amides is 1. The molecule has 0 unspecified atom stereocenters. The summed E-state index contributed by atoms with van der Waals surface area (Å²) in [5.74, 6) is -1.00. The summed E-state index contributed by atoms with van der Waals surface area (Å²) in [7, 11) is -4.10. The van der Waals surface area contributed by atoms with E-state index in [-0.39, 0.29) is 25.6 Å². The number of carbonyl (C=O) groups excluding carboxylic acids is 1. The van der Waals surface area contributed by atoms with Crippen molar-refractivity contribution in [3.63, 3.8) is 0 Å². The number of rotatable bonds is 5. The van der Waals surface area contributed by atoms with Crippen molar-refractivity contribution in [3.8, 4) is 10.4 Å². The number of halogens is 3. The first kappa shape index (κ1) is 19.8. The van der Waals surface area contributed by atoms with Crippen LogP contribution in [0.2, 0.25) is 10.0 Å². The van der Waals surface area contributed by atoms with Crippen LogP contribution in [-0.2, 0) is 10.0 Å². The second-order valence-electron chi connectivity index (χ2n) is 5.31. The lowest BCUT2D eigenvalue weighted by molar-refractivity contribution is 0.0949. The smallest absolute Gasteiger partial charge is 0.273 e. The summed E-state index contributed by atoms with van der Waals surface area (Å²) in [6, 6.07) is 13.0. The maximum absolute atomic E-state index is 13.0. The number of nitrogens with one attached hydrogen (secondary N) is 2. The minimum Gasteiger partial charge on any atom is -0.273 e. The number of benzene rings is 2. The van der Waals surface area contributed by atoms with Gasteiger partial charge in [0.1, 0.15) is 10.7 Å². The van der Waals surface area contributed by atoms with Crippen LogP contribution in [0.5, 0.6) is 0 Å². The van der Waals surface area contributed by atoms with Gasteiger partial charge in [-0.15, -0.1) is 16.2 Å². The molecule has 0 saturated heterocycles. The van der Waals surface area contributed by atoms with Crippen molar-refractivity contribution in [2.24, 2.45) is 0 Å². The van der Waals surface area contributed by atoms with Crippen LogP contribution in [0.1, 0.15) is 9.67 Å². The van der Waals surface area contributed by atoms with Gasteiger partial charge in [0.15, 0.2) is 0 Å². The maximum Gasteiger partial charge on any atom is 0.276 e. The molecule has 27 heavy (non-hydrogen) atoms. The van der Waals surface area contributed by atoms with Gasteiger partial charge in [0.25, 0.3) is 15.9 Å². The second kappa shape index (κ2) is 7.95. The van der Waals surface area contributed by atoms with Gasteiger partial charge in [0, 0.05) is 9.90 Å². The third kappa shape index (κ3) is 4.66. The van der Waals surface area contributed by atoms with Crippen molar-refractivity contribution >= 4 is 50.5 Å². The lowest BCUT2D eigenvalue weighted by atomic mass is 10.2.